The minimum Gasteiger partial charge on any atom is -0.285 e. The molecular weight excluding hydrogens is 219 g/mol. The predicted molar refractivity (Wildman–Crippen MR) is 60.5 cm³/mol. The van der Waals surface area contributed by atoms with Crippen molar-refractivity contribution in [3.63, 3.8) is 0 Å². The summed E-state index contributed by atoms with van der Waals surface area (Å²) in [6.07, 6.45) is 0. The van der Waals surface area contributed by atoms with Gasteiger partial charge in [0.05, 0.1) is 0 Å². The molecule has 0 aromatic heterocycles. The molecule has 0 N–H and O–H groups in total. The van der Waals surface area contributed by atoms with Crippen LogP contribution in [0.3, 0.4) is 0 Å². The number of hydrogen-bond donors (Lipinski definition) is 0. The van der Waals surface area contributed by atoms with Gasteiger partial charge >= 0.3 is 0 Å². The van der Waals surface area contributed by atoms with Gasteiger partial charge in [-0.05, 0) is 29.3 Å². The number of carbonyl (C=O) groups excluding carboxylic acids is 2. The second-order valence-electron chi connectivity index (χ2n) is 3.89. The molecule has 82 valence electrons. The van der Waals surface area contributed by atoms with E-state index in [-0.39, 0.29) is 5.56 Å². The van der Waals surface area contributed by atoms with Crippen LogP contribution in [-0.4, -0.2) is 11.6 Å². The Morgan fingerprint density at radius 2 is 1.29 bits per heavy atom. The molecule has 0 heterocycles. The van der Waals surface area contributed by atoms with Crippen LogP contribution >= 0.6 is 0 Å². The molecule has 1 aliphatic carbocycles. The Balaban J connectivity index is 2.41. The zero-order valence-electron chi connectivity index (χ0n) is 8.74. The molecule has 0 saturated carbocycles. The lowest BCUT2D eigenvalue weighted by Gasteiger charge is -2.17. The molecular formula is C14H7FO2. The molecule has 2 aromatic carbocycles. The van der Waals surface area contributed by atoms with E-state index in [1.807, 2.05) is 0 Å². The van der Waals surface area contributed by atoms with Gasteiger partial charge < -0.3 is 0 Å². The number of rotatable bonds is 0. The van der Waals surface area contributed by atoms with Crippen LogP contribution in [0.4, 0.5) is 4.39 Å². The molecule has 2 aromatic rings. The van der Waals surface area contributed by atoms with Crippen molar-refractivity contribution in [1.82, 2.24) is 0 Å². The molecule has 0 radical (unpaired) electrons. The molecule has 0 bridgehead atoms. The number of benzene rings is 2. The highest BCUT2D eigenvalue weighted by atomic mass is 19.1. The van der Waals surface area contributed by atoms with Crippen LogP contribution in [0.2, 0.25) is 0 Å². The highest BCUT2D eigenvalue weighted by Gasteiger charge is 2.29. The molecule has 0 amide bonds. The first-order valence-electron chi connectivity index (χ1n) is 5.16. The average molecular weight is 226 g/mol. The fourth-order valence-corrected chi connectivity index (χ4v) is 2.10. The third kappa shape index (κ3) is 1.32. The van der Waals surface area contributed by atoms with E-state index in [1.165, 1.54) is 18.2 Å². The lowest BCUT2D eigenvalue weighted by molar-refractivity contribution is 0.0815. The van der Waals surface area contributed by atoms with Crippen LogP contribution in [0.15, 0.2) is 42.5 Å². The van der Waals surface area contributed by atoms with Gasteiger partial charge in [-0.3, -0.25) is 9.59 Å². The van der Waals surface area contributed by atoms with Crippen molar-refractivity contribution in [1.29, 1.82) is 0 Å². The Kier molecular flexibility index (Phi) is 1.95. The van der Waals surface area contributed by atoms with E-state index in [0.29, 0.717) is 16.7 Å². The Hall–Kier alpha value is -2.29. The summed E-state index contributed by atoms with van der Waals surface area (Å²) >= 11 is 0. The first-order valence-corrected chi connectivity index (χ1v) is 5.16. The van der Waals surface area contributed by atoms with Gasteiger partial charge in [0.2, 0.25) is 11.6 Å². The number of ketones is 2. The number of hydrogen-bond acceptors (Lipinski definition) is 2. The maximum absolute atomic E-state index is 13.2. The van der Waals surface area contributed by atoms with Crippen LogP contribution in [0, 0.1) is 5.82 Å². The molecule has 0 spiro atoms. The largest absolute Gasteiger partial charge is 0.285 e. The van der Waals surface area contributed by atoms with Gasteiger partial charge in [0, 0.05) is 11.1 Å². The summed E-state index contributed by atoms with van der Waals surface area (Å²) in [5.74, 6) is -1.51. The first kappa shape index (κ1) is 9.90. The second-order valence-corrected chi connectivity index (χ2v) is 3.89. The zero-order chi connectivity index (χ0) is 12.0. The Labute approximate surface area is 96.7 Å². The Morgan fingerprint density at radius 1 is 0.706 bits per heavy atom. The maximum atomic E-state index is 13.2. The Morgan fingerprint density at radius 3 is 2.00 bits per heavy atom. The zero-order valence-corrected chi connectivity index (χ0v) is 8.74. The molecule has 2 nitrogen and oxygen atoms in total. The van der Waals surface area contributed by atoms with Crippen LogP contribution in [0.5, 0.6) is 0 Å². The fraction of sp³-hybridized carbons (Fsp3) is 0. The van der Waals surface area contributed by atoms with Crippen molar-refractivity contribution in [2.45, 2.75) is 0 Å². The molecule has 0 aliphatic heterocycles. The maximum Gasteiger partial charge on any atom is 0.234 e. The van der Waals surface area contributed by atoms with E-state index >= 15 is 0 Å². The van der Waals surface area contributed by atoms with Crippen molar-refractivity contribution in [3.05, 3.63) is 59.4 Å². The van der Waals surface area contributed by atoms with Crippen molar-refractivity contribution >= 4 is 11.6 Å². The molecule has 1 aliphatic rings. The summed E-state index contributed by atoms with van der Waals surface area (Å²) in [6, 6.07) is 10.6. The third-order valence-corrected chi connectivity index (χ3v) is 2.89. The van der Waals surface area contributed by atoms with Gasteiger partial charge in [-0.15, -0.1) is 0 Å². The molecule has 3 rings (SSSR count). The van der Waals surface area contributed by atoms with E-state index < -0.39 is 17.4 Å². The van der Waals surface area contributed by atoms with Crippen molar-refractivity contribution in [3.8, 4) is 11.1 Å². The Bertz CT molecular complexity index is 659. The average Bonchev–Trinajstić information content (AvgIpc) is 2.36. The summed E-state index contributed by atoms with van der Waals surface area (Å²) in [7, 11) is 0. The highest BCUT2D eigenvalue weighted by Crippen LogP contribution is 2.33. The van der Waals surface area contributed by atoms with E-state index in [0.717, 1.165) is 0 Å². The summed E-state index contributed by atoms with van der Waals surface area (Å²) < 4.78 is 13.2. The van der Waals surface area contributed by atoms with Crippen LogP contribution in [-0.2, 0) is 0 Å². The minimum atomic E-state index is -0.571. The quantitative estimate of drug-likeness (QED) is 0.647. The van der Waals surface area contributed by atoms with Gasteiger partial charge in [0.1, 0.15) is 5.82 Å². The van der Waals surface area contributed by atoms with Crippen molar-refractivity contribution in [2.24, 2.45) is 0 Å². The highest BCUT2D eigenvalue weighted by molar-refractivity contribution is 6.52. The summed E-state index contributed by atoms with van der Waals surface area (Å²) in [4.78, 5) is 23.6. The van der Waals surface area contributed by atoms with Crippen LogP contribution in [0.25, 0.3) is 11.1 Å². The third-order valence-electron chi connectivity index (χ3n) is 2.89. The number of Topliss-reactive ketones (excluding diaryl/α,β-unsaturated/α-hetero) is 2. The lowest BCUT2D eigenvalue weighted by atomic mass is 9.84. The lowest BCUT2D eigenvalue weighted by Crippen LogP contribution is -2.21. The van der Waals surface area contributed by atoms with Crippen molar-refractivity contribution < 1.29 is 14.0 Å². The van der Waals surface area contributed by atoms with E-state index in [1.54, 1.807) is 24.3 Å². The molecule has 0 fully saturated rings. The molecule has 3 heteroatoms. The first-order chi connectivity index (χ1) is 8.18. The summed E-state index contributed by atoms with van der Waals surface area (Å²) in [6.45, 7) is 0. The number of carbonyl (C=O) groups is 2. The van der Waals surface area contributed by atoms with Crippen molar-refractivity contribution in [2.75, 3.05) is 0 Å². The normalized spacial score (nSPS) is 13.2. The topological polar surface area (TPSA) is 34.1 Å². The van der Waals surface area contributed by atoms with E-state index in [2.05, 4.69) is 0 Å². The minimum absolute atomic E-state index is 0.273. The summed E-state index contributed by atoms with van der Waals surface area (Å²) in [5, 5.41) is 0. The predicted octanol–water partition coefficient (Wildman–Crippen LogP) is 2.87. The van der Waals surface area contributed by atoms with Gasteiger partial charge in [-0.25, -0.2) is 4.39 Å². The standard InChI is InChI=1S/C14H7FO2/c15-8-5-6-11-12(7-8)9-3-1-2-4-10(9)13(16)14(11)17/h1-7H. The monoisotopic (exact) mass is 226 g/mol. The van der Waals surface area contributed by atoms with E-state index in [4.69, 9.17) is 0 Å². The number of fused-ring (bicyclic) bond motifs is 3. The molecule has 17 heavy (non-hydrogen) atoms. The smallest absolute Gasteiger partial charge is 0.234 e. The summed E-state index contributed by atoms with van der Waals surface area (Å²) in [5.41, 5.74) is 1.72. The van der Waals surface area contributed by atoms with E-state index in [9.17, 15) is 14.0 Å². The molecule has 0 saturated heterocycles. The van der Waals surface area contributed by atoms with Gasteiger partial charge in [-0.2, -0.15) is 0 Å². The second kappa shape index (κ2) is 3.35. The van der Waals surface area contributed by atoms with Gasteiger partial charge in [0.15, 0.2) is 0 Å². The SMILES string of the molecule is O=C1C(=O)c2ccc(F)cc2-c2ccccc21. The van der Waals surface area contributed by atoms with Gasteiger partial charge in [-0.1, -0.05) is 24.3 Å². The van der Waals surface area contributed by atoms with Crippen LogP contribution < -0.4 is 0 Å². The fourth-order valence-electron chi connectivity index (χ4n) is 2.10. The molecule has 0 atom stereocenters. The molecule has 0 unspecified atom stereocenters. The number of halogens is 1. The van der Waals surface area contributed by atoms with Crippen LogP contribution in [0.1, 0.15) is 20.7 Å². The van der Waals surface area contributed by atoms with Gasteiger partial charge in [0.25, 0.3) is 0 Å².